The third kappa shape index (κ3) is 7.36. The summed E-state index contributed by atoms with van der Waals surface area (Å²) in [6, 6.07) is 64.3. The van der Waals surface area contributed by atoms with Gasteiger partial charge in [0.05, 0.1) is 29.9 Å². The lowest BCUT2D eigenvalue weighted by atomic mass is 9.90. The van der Waals surface area contributed by atoms with Crippen LogP contribution in [0.2, 0.25) is 0 Å². The maximum atomic E-state index is 7.93. The van der Waals surface area contributed by atoms with E-state index in [4.69, 9.17) is 28.1 Å². The molecule has 0 saturated carbocycles. The number of fused-ring (bicyclic) bond motifs is 3. The second kappa shape index (κ2) is 16.7. The van der Waals surface area contributed by atoms with Gasteiger partial charge in [-0.15, -0.1) is 0 Å². The molecule has 6 heteroatoms. The Balaban J connectivity index is 1.24. The molecule has 0 bridgehead atoms. The Kier molecular flexibility index (Phi) is 10.0. The van der Waals surface area contributed by atoms with E-state index in [1.807, 2.05) is 103 Å². The van der Waals surface area contributed by atoms with Crippen LogP contribution in [0.15, 0.2) is 206 Å². The van der Waals surface area contributed by atoms with Gasteiger partial charge in [0.25, 0.3) is 0 Å². The predicted octanol–water partition coefficient (Wildman–Crippen LogP) is 15.8. The molecule has 0 saturated heterocycles. The van der Waals surface area contributed by atoms with E-state index in [9.17, 15) is 0 Å². The first-order valence-electron chi connectivity index (χ1n) is 21.6. The van der Waals surface area contributed by atoms with E-state index in [-0.39, 0.29) is 0 Å². The number of benzene rings is 8. The Morgan fingerprint density at radius 3 is 1.29 bits per heavy atom. The topological polar surface area (TPSA) is 52.3 Å². The van der Waals surface area contributed by atoms with Crippen molar-refractivity contribution in [3.05, 3.63) is 235 Å². The largest absolute Gasteiger partial charge is 0.308 e. The molecule has 65 heavy (non-hydrogen) atoms. The maximum absolute atomic E-state index is 7.93. The Bertz CT molecular complexity index is 3440. The van der Waals surface area contributed by atoms with Crippen LogP contribution < -0.4 is 0 Å². The molecule has 10 aromatic rings. The van der Waals surface area contributed by atoms with Gasteiger partial charge in [0.2, 0.25) is 0 Å². The molecule has 0 atom stereocenters. The van der Waals surface area contributed by atoms with Crippen molar-refractivity contribution < 1.29 is 0 Å². The molecule has 6 nitrogen and oxygen atoms in total. The Morgan fingerprint density at radius 1 is 0.400 bits per heavy atom. The molecule has 0 unspecified atom stereocenters. The molecule has 1 aliphatic carbocycles. The summed E-state index contributed by atoms with van der Waals surface area (Å²) < 4.78 is 2.31. The predicted molar refractivity (Wildman–Crippen MR) is 266 cm³/mol. The minimum absolute atomic E-state index is 0.539. The zero-order chi connectivity index (χ0) is 43.7. The number of hydrogen-bond donors (Lipinski definition) is 0. The monoisotopic (exact) mass is 830 g/mol. The zero-order valence-corrected chi connectivity index (χ0v) is 35.2. The fourth-order valence-electron chi connectivity index (χ4n) is 8.90. The average Bonchev–Trinajstić information content (AvgIpc) is 3.71. The first kappa shape index (κ1) is 38.9. The third-order valence-electron chi connectivity index (χ3n) is 12.1. The fourth-order valence-corrected chi connectivity index (χ4v) is 8.90. The van der Waals surface area contributed by atoms with E-state index >= 15 is 0 Å². The number of nitrogens with zero attached hydrogens (tertiary/aromatic N) is 6. The molecule has 2 aromatic heterocycles. The molecule has 0 amide bonds. The first-order valence-corrected chi connectivity index (χ1v) is 21.6. The molecular weight excluding hydrogens is 793 g/mol. The van der Waals surface area contributed by atoms with Crippen molar-refractivity contribution in [2.75, 3.05) is 0 Å². The Labute approximate surface area is 377 Å². The van der Waals surface area contributed by atoms with Crippen molar-refractivity contribution in [3.8, 4) is 73.2 Å². The minimum Gasteiger partial charge on any atom is -0.308 e. The summed E-state index contributed by atoms with van der Waals surface area (Å²) in [5, 5.41) is 1.81. The SMILES string of the molecule is [C-]#[N+]c1ccc2c(c1)c1cc([N+]#[C-])ccc1n2-c1c(-c2ccc(C3=CCCC=C3)cc2)cc(-c2nc(-c3ccccc3)nc(-c3ccccc3)n2)cc1-c1ccc(-c2ccccc2)cc1. The molecular formula is C59H38N6. The summed E-state index contributed by atoms with van der Waals surface area (Å²) in [4.78, 5) is 23.1. The van der Waals surface area contributed by atoms with Crippen molar-refractivity contribution in [3.63, 3.8) is 0 Å². The van der Waals surface area contributed by atoms with E-state index in [0.29, 0.717) is 28.8 Å². The third-order valence-corrected chi connectivity index (χ3v) is 12.1. The van der Waals surface area contributed by atoms with Crippen LogP contribution in [0, 0.1) is 13.1 Å². The molecule has 8 aromatic carbocycles. The normalized spacial score (nSPS) is 12.2. The molecule has 0 aliphatic heterocycles. The molecule has 0 fully saturated rings. The average molecular weight is 831 g/mol. The standard InChI is InChI=1S/C59H38N6/c1-60-48-31-33-54-52(37-48)53-38-49(61-2)32-34-55(53)65(54)56-50(43-27-23-41(24-28-43)39-15-7-3-8-16-39)35-47(36-51(56)44-29-25-42(26-30-44)40-17-9-4-10-18-40)59-63-57(45-19-11-5-12-20-45)62-58(64-59)46-21-13-6-14-22-46/h3,5-9,11-38H,4,10H2. The van der Waals surface area contributed by atoms with Crippen LogP contribution in [0.4, 0.5) is 11.4 Å². The molecule has 0 spiro atoms. The fraction of sp³-hybridized carbons (Fsp3) is 0.0339. The van der Waals surface area contributed by atoms with Crippen molar-refractivity contribution in [1.29, 1.82) is 0 Å². The first-order chi connectivity index (χ1) is 32.1. The summed E-state index contributed by atoms with van der Waals surface area (Å²) in [5.41, 5.74) is 15.1. The zero-order valence-electron chi connectivity index (χ0n) is 35.2. The van der Waals surface area contributed by atoms with E-state index in [1.165, 1.54) is 5.57 Å². The summed E-state index contributed by atoms with van der Waals surface area (Å²) in [5.74, 6) is 1.72. The highest BCUT2D eigenvalue weighted by molar-refractivity contribution is 6.12. The van der Waals surface area contributed by atoms with Gasteiger partial charge >= 0.3 is 0 Å². The van der Waals surface area contributed by atoms with Gasteiger partial charge in [-0.05, 0) is 93.4 Å². The maximum Gasteiger partial charge on any atom is 0.188 e. The van der Waals surface area contributed by atoms with E-state index in [0.717, 1.165) is 96.0 Å². The Hall–Kier alpha value is -8.97. The quantitative estimate of drug-likeness (QED) is 0.143. The highest BCUT2D eigenvalue weighted by Gasteiger charge is 2.24. The number of hydrogen-bond acceptors (Lipinski definition) is 3. The van der Waals surface area contributed by atoms with E-state index in [2.05, 4.69) is 117 Å². The van der Waals surface area contributed by atoms with Gasteiger partial charge in [-0.3, -0.25) is 0 Å². The number of aromatic nitrogens is 4. The summed E-state index contributed by atoms with van der Waals surface area (Å²) in [6.45, 7) is 15.9. The van der Waals surface area contributed by atoms with E-state index < -0.39 is 0 Å². The molecule has 2 heterocycles. The highest BCUT2D eigenvalue weighted by Crippen LogP contribution is 2.45. The van der Waals surface area contributed by atoms with Crippen LogP contribution in [0.25, 0.3) is 110 Å². The van der Waals surface area contributed by atoms with Crippen LogP contribution in [0.1, 0.15) is 18.4 Å². The van der Waals surface area contributed by atoms with Crippen LogP contribution >= 0.6 is 0 Å². The van der Waals surface area contributed by atoms with Gasteiger partial charge in [-0.25, -0.2) is 24.6 Å². The van der Waals surface area contributed by atoms with Crippen LogP contribution in [0.5, 0.6) is 0 Å². The molecule has 0 N–H and O–H groups in total. The summed E-state index contributed by atoms with van der Waals surface area (Å²) in [7, 11) is 0. The van der Waals surface area contributed by atoms with Gasteiger partial charge in [-0.1, -0.05) is 170 Å². The molecule has 1 aliphatic rings. The lowest BCUT2D eigenvalue weighted by Gasteiger charge is -2.21. The molecule has 304 valence electrons. The highest BCUT2D eigenvalue weighted by atomic mass is 15.0. The second-order valence-corrected chi connectivity index (χ2v) is 16.1. The summed E-state index contributed by atoms with van der Waals surface area (Å²) >= 11 is 0. The number of rotatable bonds is 8. The van der Waals surface area contributed by atoms with Gasteiger partial charge in [0, 0.05) is 27.8 Å². The Morgan fingerprint density at radius 2 is 0.831 bits per heavy atom. The number of allylic oxidation sites excluding steroid dienone is 4. The van der Waals surface area contributed by atoms with Crippen molar-refractivity contribution in [2.45, 2.75) is 12.8 Å². The summed E-state index contributed by atoms with van der Waals surface area (Å²) in [6.07, 6.45) is 8.83. The van der Waals surface area contributed by atoms with Crippen molar-refractivity contribution >= 4 is 38.8 Å². The minimum atomic E-state index is 0.539. The van der Waals surface area contributed by atoms with Gasteiger partial charge < -0.3 is 4.57 Å². The van der Waals surface area contributed by atoms with E-state index in [1.54, 1.807) is 0 Å². The van der Waals surface area contributed by atoms with Crippen molar-refractivity contribution in [1.82, 2.24) is 19.5 Å². The van der Waals surface area contributed by atoms with Gasteiger partial charge in [-0.2, -0.15) is 0 Å². The molecule has 11 rings (SSSR count). The van der Waals surface area contributed by atoms with Crippen LogP contribution in [0.3, 0.4) is 0 Å². The van der Waals surface area contributed by atoms with Crippen molar-refractivity contribution in [2.24, 2.45) is 0 Å². The molecule has 0 radical (unpaired) electrons. The van der Waals surface area contributed by atoms with Gasteiger partial charge in [0.1, 0.15) is 0 Å². The van der Waals surface area contributed by atoms with Gasteiger partial charge in [0.15, 0.2) is 28.8 Å². The van der Waals surface area contributed by atoms with Crippen LogP contribution in [-0.4, -0.2) is 19.5 Å². The smallest absolute Gasteiger partial charge is 0.188 e. The lowest BCUT2D eigenvalue weighted by molar-refractivity contribution is 1.04. The second-order valence-electron chi connectivity index (χ2n) is 16.1. The van der Waals surface area contributed by atoms with Crippen LogP contribution in [-0.2, 0) is 0 Å². The lowest BCUT2D eigenvalue weighted by Crippen LogP contribution is -2.04.